The predicted octanol–water partition coefficient (Wildman–Crippen LogP) is 2.87. The van der Waals surface area contributed by atoms with Crippen LogP contribution in [0.5, 0.6) is 0 Å². The molecule has 0 aromatic rings. The van der Waals surface area contributed by atoms with Crippen molar-refractivity contribution in [3.63, 3.8) is 0 Å². The molecule has 3 atom stereocenters. The van der Waals surface area contributed by atoms with E-state index in [-0.39, 0.29) is 42.7 Å². The molecule has 5 nitrogen and oxygen atoms in total. The van der Waals surface area contributed by atoms with Crippen LogP contribution in [0.3, 0.4) is 0 Å². The molecular formula is C17H29NO4. The van der Waals surface area contributed by atoms with Crippen LogP contribution in [0.4, 0.5) is 0 Å². The van der Waals surface area contributed by atoms with Crippen molar-refractivity contribution in [2.45, 2.75) is 84.6 Å². The minimum Gasteiger partial charge on any atom is -0.460 e. The summed E-state index contributed by atoms with van der Waals surface area (Å²) in [5, 5.41) is 0. The molecule has 0 bridgehead atoms. The maximum Gasteiger partial charge on any atom is 0.331 e. The Balaban J connectivity index is 2.03. The molecular weight excluding hydrogens is 282 g/mol. The minimum atomic E-state index is -0.572. The second-order valence-electron chi connectivity index (χ2n) is 7.48. The molecule has 1 unspecified atom stereocenters. The Hall–Kier alpha value is -1.10. The molecule has 0 saturated carbocycles. The van der Waals surface area contributed by atoms with Gasteiger partial charge in [0.15, 0.2) is 6.04 Å². The maximum atomic E-state index is 12.6. The van der Waals surface area contributed by atoms with Crippen LogP contribution in [-0.4, -0.2) is 41.8 Å². The average molecular weight is 311 g/mol. The summed E-state index contributed by atoms with van der Waals surface area (Å²) in [5.41, 5.74) is -0.217. The Morgan fingerprint density at radius 2 is 1.91 bits per heavy atom. The maximum absolute atomic E-state index is 12.6. The topological polar surface area (TPSA) is 55.8 Å². The Labute approximate surface area is 133 Å². The molecule has 1 amide bonds. The summed E-state index contributed by atoms with van der Waals surface area (Å²) in [6.45, 7) is 8.47. The number of esters is 1. The van der Waals surface area contributed by atoms with Gasteiger partial charge in [0.2, 0.25) is 5.91 Å². The van der Waals surface area contributed by atoms with Gasteiger partial charge >= 0.3 is 5.97 Å². The minimum absolute atomic E-state index is 0.0197. The molecule has 2 rings (SSSR count). The fourth-order valence-corrected chi connectivity index (χ4v) is 3.20. The van der Waals surface area contributed by atoms with E-state index in [9.17, 15) is 9.59 Å². The first-order valence-corrected chi connectivity index (χ1v) is 8.48. The molecule has 126 valence electrons. The van der Waals surface area contributed by atoms with Gasteiger partial charge in [0.05, 0.1) is 13.0 Å². The molecule has 0 spiro atoms. The Bertz CT molecular complexity index is 415. The summed E-state index contributed by atoms with van der Waals surface area (Å²) in [5.74, 6) is -0.327. The standard InChI is InChI=1S/C17H29NO4/c1-5-6-7-8-9-12-10-14(19)18-13(15(20)22-12)11-21-16(18)17(2,3)4/h12-13,16H,5-11H2,1-4H3/t12?,13-,16+/m0/s1. The number of ether oxygens (including phenoxy) is 2. The summed E-state index contributed by atoms with van der Waals surface area (Å²) < 4.78 is 11.3. The molecule has 0 aromatic carbocycles. The number of rotatable bonds is 5. The number of fused-ring (bicyclic) bond motifs is 1. The van der Waals surface area contributed by atoms with E-state index in [0.29, 0.717) is 0 Å². The lowest BCUT2D eigenvalue weighted by Gasteiger charge is -2.34. The summed E-state index contributed by atoms with van der Waals surface area (Å²) in [7, 11) is 0. The summed E-state index contributed by atoms with van der Waals surface area (Å²) >= 11 is 0. The van der Waals surface area contributed by atoms with Crippen LogP contribution >= 0.6 is 0 Å². The number of amides is 1. The van der Waals surface area contributed by atoms with Gasteiger partial charge in [0.25, 0.3) is 0 Å². The largest absolute Gasteiger partial charge is 0.460 e. The van der Waals surface area contributed by atoms with Gasteiger partial charge in [-0.1, -0.05) is 47.0 Å². The number of nitrogens with zero attached hydrogens (tertiary/aromatic N) is 1. The number of unbranched alkanes of at least 4 members (excludes halogenated alkanes) is 3. The Kier molecular flexibility index (Phi) is 5.48. The quantitative estimate of drug-likeness (QED) is 0.579. The van der Waals surface area contributed by atoms with Gasteiger partial charge in [0, 0.05) is 5.41 Å². The number of carbonyl (C=O) groups is 2. The number of cyclic esters (lactones) is 1. The van der Waals surface area contributed by atoms with Gasteiger partial charge in [-0.2, -0.15) is 0 Å². The van der Waals surface area contributed by atoms with Crippen molar-refractivity contribution >= 4 is 11.9 Å². The third kappa shape index (κ3) is 3.80. The molecule has 0 N–H and O–H groups in total. The summed E-state index contributed by atoms with van der Waals surface area (Å²) in [6.07, 6.45) is 4.92. The first-order valence-electron chi connectivity index (χ1n) is 8.48. The molecule has 2 fully saturated rings. The zero-order valence-corrected chi connectivity index (χ0v) is 14.3. The SMILES string of the molecule is CCCCCCC1CC(=O)N2[C@@H](CO[C@@H]2C(C)(C)C)C(=O)O1. The van der Waals surface area contributed by atoms with Crippen molar-refractivity contribution < 1.29 is 19.1 Å². The molecule has 0 radical (unpaired) electrons. The van der Waals surface area contributed by atoms with Crippen molar-refractivity contribution in [2.75, 3.05) is 6.61 Å². The molecule has 5 heteroatoms. The van der Waals surface area contributed by atoms with Crippen molar-refractivity contribution in [1.29, 1.82) is 0 Å². The smallest absolute Gasteiger partial charge is 0.331 e. The van der Waals surface area contributed by atoms with Crippen molar-refractivity contribution in [3.05, 3.63) is 0 Å². The summed E-state index contributed by atoms with van der Waals surface area (Å²) in [4.78, 5) is 26.5. The van der Waals surface area contributed by atoms with E-state index in [4.69, 9.17) is 9.47 Å². The van der Waals surface area contributed by atoms with Crippen molar-refractivity contribution in [1.82, 2.24) is 4.90 Å². The van der Waals surface area contributed by atoms with Crippen LogP contribution in [-0.2, 0) is 19.1 Å². The third-order valence-corrected chi connectivity index (χ3v) is 4.37. The highest BCUT2D eigenvalue weighted by atomic mass is 16.6. The van der Waals surface area contributed by atoms with E-state index >= 15 is 0 Å². The second-order valence-corrected chi connectivity index (χ2v) is 7.48. The lowest BCUT2D eigenvalue weighted by atomic mass is 9.93. The highest BCUT2D eigenvalue weighted by Gasteiger charge is 2.49. The molecule has 0 aromatic heterocycles. The molecule has 22 heavy (non-hydrogen) atoms. The molecule has 2 heterocycles. The van der Waals surface area contributed by atoms with Crippen molar-refractivity contribution in [2.24, 2.45) is 5.41 Å². The second kappa shape index (κ2) is 6.99. The monoisotopic (exact) mass is 311 g/mol. The highest BCUT2D eigenvalue weighted by molar-refractivity contribution is 5.87. The van der Waals surface area contributed by atoms with E-state index < -0.39 is 6.04 Å². The average Bonchev–Trinajstić information content (AvgIpc) is 2.84. The van der Waals surface area contributed by atoms with Gasteiger partial charge in [-0.05, 0) is 12.8 Å². The van der Waals surface area contributed by atoms with Crippen LogP contribution < -0.4 is 0 Å². The van der Waals surface area contributed by atoms with E-state index in [0.717, 1.165) is 19.3 Å². The summed E-state index contributed by atoms with van der Waals surface area (Å²) in [6, 6.07) is -0.572. The lowest BCUT2D eigenvalue weighted by molar-refractivity contribution is -0.153. The van der Waals surface area contributed by atoms with Crippen LogP contribution in [0.15, 0.2) is 0 Å². The van der Waals surface area contributed by atoms with E-state index in [1.54, 1.807) is 4.90 Å². The van der Waals surface area contributed by atoms with Gasteiger partial charge in [-0.25, -0.2) is 4.79 Å². The number of hydrogen-bond donors (Lipinski definition) is 0. The van der Waals surface area contributed by atoms with Gasteiger partial charge < -0.3 is 9.47 Å². The van der Waals surface area contributed by atoms with Crippen LogP contribution in [0.25, 0.3) is 0 Å². The fourth-order valence-electron chi connectivity index (χ4n) is 3.20. The number of hydrogen-bond acceptors (Lipinski definition) is 4. The molecule has 2 saturated heterocycles. The van der Waals surface area contributed by atoms with E-state index in [2.05, 4.69) is 6.92 Å². The van der Waals surface area contributed by atoms with Crippen molar-refractivity contribution in [3.8, 4) is 0 Å². The predicted molar refractivity (Wildman–Crippen MR) is 83.1 cm³/mol. The molecule has 0 aliphatic carbocycles. The first kappa shape index (κ1) is 17.3. The normalized spacial score (nSPS) is 29.3. The highest BCUT2D eigenvalue weighted by Crippen LogP contribution is 2.34. The Morgan fingerprint density at radius 1 is 1.18 bits per heavy atom. The van der Waals surface area contributed by atoms with Gasteiger partial charge in [-0.15, -0.1) is 0 Å². The third-order valence-electron chi connectivity index (χ3n) is 4.37. The van der Waals surface area contributed by atoms with Gasteiger partial charge in [-0.3, -0.25) is 9.69 Å². The van der Waals surface area contributed by atoms with Crippen LogP contribution in [0.2, 0.25) is 0 Å². The number of carbonyl (C=O) groups excluding carboxylic acids is 2. The lowest BCUT2D eigenvalue weighted by Crippen LogP contribution is -2.49. The zero-order valence-electron chi connectivity index (χ0n) is 14.3. The van der Waals surface area contributed by atoms with E-state index in [1.165, 1.54) is 12.8 Å². The Morgan fingerprint density at radius 3 is 2.55 bits per heavy atom. The molecule has 2 aliphatic heterocycles. The van der Waals surface area contributed by atoms with Gasteiger partial charge in [0.1, 0.15) is 12.3 Å². The molecule has 2 aliphatic rings. The zero-order chi connectivity index (χ0) is 16.3. The van der Waals surface area contributed by atoms with Crippen LogP contribution in [0, 0.1) is 5.41 Å². The fraction of sp³-hybridized carbons (Fsp3) is 0.882. The van der Waals surface area contributed by atoms with E-state index in [1.807, 2.05) is 20.8 Å². The first-order chi connectivity index (χ1) is 10.3. The van der Waals surface area contributed by atoms with Crippen LogP contribution in [0.1, 0.15) is 66.2 Å².